The summed E-state index contributed by atoms with van der Waals surface area (Å²) in [6.07, 6.45) is 6.09. The molecule has 2 atom stereocenters. The van der Waals surface area contributed by atoms with E-state index in [-0.39, 0.29) is 12.1 Å². The number of carbonyl (C=O) groups excluding carboxylic acids is 1. The highest BCUT2D eigenvalue weighted by atomic mass is 16.5. The Kier molecular flexibility index (Phi) is 4.63. The van der Waals surface area contributed by atoms with Crippen LogP contribution in [0, 0.1) is 5.92 Å². The van der Waals surface area contributed by atoms with Gasteiger partial charge in [-0.05, 0) is 18.8 Å². The van der Waals surface area contributed by atoms with E-state index >= 15 is 0 Å². The van der Waals surface area contributed by atoms with Crippen molar-refractivity contribution in [3.8, 4) is 0 Å². The molecule has 0 radical (unpaired) electrons. The quantitative estimate of drug-likeness (QED) is 0.826. The second kappa shape index (κ2) is 6.66. The lowest BCUT2D eigenvalue weighted by molar-refractivity contribution is 0.183. The first kappa shape index (κ1) is 15.3. The van der Waals surface area contributed by atoms with Crippen LogP contribution in [0.15, 0.2) is 12.4 Å². The summed E-state index contributed by atoms with van der Waals surface area (Å²) in [6.45, 7) is 5.53. The van der Waals surface area contributed by atoms with E-state index in [4.69, 9.17) is 4.74 Å². The number of ether oxygens (including phenoxy) is 1. The topological polar surface area (TPSA) is 71.4 Å². The van der Waals surface area contributed by atoms with Crippen molar-refractivity contribution < 1.29 is 9.53 Å². The molecular weight excluding hydrogens is 282 g/mol. The Balaban J connectivity index is 1.46. The summed E-state index contributed by atoms with van der Waals surface area (Å²) < 4.78 is 6.76. The number of amides is 2. The third-order valence-corrected chi connectivity index (χ3v) is 4.44. The molecule has 0 bridgehead atoms. The van der Waals surface area contributed by atoms with Gasteiger partial charge in [0.1, 0.15) is 0 Å². The molecular formula is C15H25N5O2. The lowest BCUT2D eigenvalue weighted by Gasteiger charge is -2.17. The summed E-state index contributed by atoms with van der Waals surface area (Å²) in [6, 6.07) is 0.834. The number of methoxy groups -OCH3 is 1. The van der Waals surface area contributed by atoms with Gasteiger partial charge in [0.2, 0.25) is 0 Å². The fourth-order valence-electron chi connectivity index (χ4n) is 3.00. The van der Waals surface area contributed by atoms with Crippen LogP contribution in [0.4, 0.5) is 10.5 Å². The molecule has 2 fully saturated rings. The molecule has 22 heavy (non-hydrogen) atoms. The number of nitrogens with one attached hydrogen (secondary N) is 2. The van der Waals surface area contributed by atoms with Crippen LogP contribution in [0.2, 0.25) is 0 Å². The zero-order valence-electron chi connectivity index (χ0n) is 13.3. The van der Waals surface area contributed by atoms with Crippen LogP contribution in [0.25, 0.3) is 0 Å². The Hall–Kier alpha value is -1.60. The van der Waals surface area contributed by atoms with E-state index in [0.29, 0.717) is 24.8 Å². The smallest absolute Gasteiger partial charge is 0.319 e. The van der Waals surface area contributed by atoms with Gasteiger partial charge >= 0.3 is 6.03 Å². The highest BCUT2D eigenvalue weighted by Crippen LogP contribution is 2.31. The van der Waals surface area contributed by atoms with Gasteiger partial charge in [0.25, 0.3) is 0 Å². The zero-order valence-corrected chi connectivity index (χ0v) is 13.3. The molecule has 2 amide bonds. The minimum Gasteiger partial charge on any atom is -0.383 e. The third kappa shape index (κ3) is 3.78. The van der Waals surface area contributed by atoms with Crippen LogP contribution >= 0.6 is 0 Å². The maximum Gasteiger partial charge on any atom is 0.319 e. The number of aromatic nitrogens is 2. The Morgan fingerprint density at radius 3 is 3.00 bits per heavy atom. The number of carbonyl (C=O) groups is 1. The molecule has 1 aromatic rings. The molecule has 7 nitrogen and oxygen atoms in total. The van der Waals surface area contributed by atoms with Gasteiger partial charge in [-0.3, -0.25) is 9.58 Å². The van der Waals surface area contributed by atoms with Crippen LogP contribution < -0.4 is 10.6 Å². The lowest BCUT2D eigenvalue weighted by atomic mass is 10.1. The van der Waals surface area contributed by atoms with E-state index in [9.17, 15) is 4.79 Å². The Labute approximate surface area is 131 Å². The second-order valence-corrected chi connectivity index (χ2v) is 6.35. The van der Waals surface area contributed by atoms with E-state index in [2.05, 4.69) is 27.6 Å². The van der Waals surface area contributed by atoms with E-state index in [1.54, 1.807) is 18.0 Å². The molecule has 122 valence electrons. The minimum atomic E-state index is -0.152. The summed E-state index contributed by atoms with van der Waals surface area (Å²) >= 11 is 0. The molecule has 1 aliphatic carbocycles. The molecule has 2 heterocycles. The summed E-state index contributed by atoms with van der Waals surface area (Å²) in [4.78, 5) is 14.6. The number of hydrogen-bond acceptors (Lipinski definition) is 4. The van der Waals surface area contributed by atoms with Crippen molar-refractivity contribution in [2.45, 2.75) is 38.4 Å². The van der Waals surface area contributed by atoms with E-state index in [1.807, 2.05) is 6.20 Å². The highest BCUT2D eigenvalue weighted by Gasteiger charge is 2.38. The van der Waals surface area contributed by atoms with Gasteiger partial charge in [0.15, 0.2) is 0 Å². The lowest BCUT2D eigenvalue weighted by Crippen LogP contribution is -2.42. The second-order valence-electron chi connectivity index (χ2n) is 6.35. The van der Waals surface area contributed by atoms with Crippen LogP contribution in [0.5, 0.6) is 0 Å². The van der Waals surface area contributed by atoms with Gasteiger partial charge < -0.3 is 15.4 Å². The Bertz CT molecular complexity index is 514. The molecule has 1 saturated carbocycles. The standard InChI is InChI=1S/C15H25N5O2/c1-11-8-19(13-3-4-13)10-14(11)18-15(21)17-12-7-16-20(9-12)5-6-22-2/h7,9,11,13-14H,3-6,8,10H2,1-2H3,(H2,17,18,21). The van der Waals surface area contributed by atoms with Crippen molar-refractivity contribution in [1.29, 1.82) is 0 Å². The minimum absolute atomic E-state index is 0.152. The zero-order chi connectivity index (χ0) is 15.5. The Morgan fingerprint density at radius 2 is 2.27 bits per heavy atom. The van der Waals surface area contributed by atoms with Crippen LogP contribution in [0.1, 0.15) is 19.8 Å². The summed E-state index contributed by atoms with van der Waals surface area (Å²) in [5, 5.41) is 10.1. The van der Waals surface area contributed by atoms with E-state index in [0.717, 1.165) is 19.1 Å². The SMILES string of the molecule is COCCn1cc(NC(=O)NC2CN(C3CC3)CC2C)cn1. The molecule has 2 aliphatic rings. The van der Waals surface area contributed by atoms with Gasteiger partial charge in [-0.1, -0.05) is 6.92 Å². The molecule has 2 unspecified atom stereocenters. The van der Waals surface area contributed by atoms with E-state index in [1.165, 1.54) is 12.8 Å². The average molecular weight is 307 g/mol. The first-order valence-corrected chi connectivity index (χ1v) is 7.98. The fraction of sp³-hybridized carbons (Fsp3) is 0.733. The number of hydrogen-bond donors (Lipinski definition) is 2. The summed E-state index contributed by atoms with van der Waals surface area (Å²) in [5.74, 6) is 0.496. The number of urea groups is 1. The van der Waals surface area contributed by atoms with E-state index < -0.39 is 0 Å². The maximum absolute atomic E-state index is 12.1. The van der Waals surface area contributed by atoms with Crippen LogP contribution in [-0.2, 0) is 11.3 Å². The van der Waals surface area contributed by atoms with Crippen molar-refractivity contribution in [3.05, 3.63) is 12.4 Å². The summed E-state index contributed by atoms with van der Waals surface area (Å²) in [7, 11) is 1.66. The molecule has 1 aliphatic heterocycles. The van der Waals surface area contributed by atoms with Gasteiger partial charge in [-0.15, -0.1) is 0 Å². The van der Waals surface area contributed by atoms with Gasteiger partial charge in [0, 0.05) is 38.5 Å². The van der Waals surface area contributed by atoms with Crippen LogP contribution in [0.3, 0.4) is 0 Å². The van der Waals surface area contributed by atoms with Gasteiger partial charge in [0.05, 0.1) is 25.0 Å². The number of nitrogens with zero attached hydrogens (tertiary/aromatic N) is 3. The van der Waals surface area contributed by atoms with Crippen LogP contribution in [-0.4, -0.2) is 59.6 Å². The van der Waals surface area contributed by atoms with Crippen molar-refractivity contribution in [2.75, 3.05) is 32.1 Å². The normalized spacial score (nSPS) is 25.4. The molecule has 0 spiro atoms. The van der Waals surface area contributed by atoms with Gasteiger partial charge in [-0.25, -0.2) is 4.79 Å². The summed E-state index contributed by atoms with van der Waals surface area (Å²) in [5.41, 5.74) is 0.707. The predicted octanol–water partition coefficient (Wildman–Crippen LogP) is 1.13. The number of likely N-dealkylation sites (tertiary alicyclic amines) is 1. The molecule has 3 rings (SSSR count). The largest absolute Gasteiger partial charge is 0.383 e. The highest BCUT2D eigenvalue weighted by molar-refractivity contribution is 5.89. The molecule has 0 aromatic carbocycles. The monoisotopic (exact) mass is 307 g/mol. The Morgan fingerprint density at radius 1 is 1.45 bits per heavy atom. The van der Waals surface area contributed by atoms with Crippen molar-refractivity contribution in [3.63, 3.8) is 0 Å². The number of rotatable bonds is 6. The molecule has 1 aromatic heterocycles. The van der Waals surface area contributed by atoms with Crippen molar-refractivity contribution in [1.82, 2.24) is 20.0 Å². The maximum atomic E-state index is 12.1. The average Bonchev–Trinajstić information content (AvgIpc) is 3.15. The van der Waals surface area contributed by atoms with Gasteiger partial charge in [-0.2, -0.15) is 5.10 Å². The predicted molar refractivity (Wildman–Crippen MR) is 83.8 cm³/mol. The molecule has 7 heteroatoms. The first-order valence-electron chi connectivity index (χ1n) is 7.98. The third-order valence-electron chi connectivity index (χ3n) is 4.44. The molecule has 2 N–H and O–H groups in total. The number of anilines is 1. The fourth-order valence-corrected chi connectivity index (χ4v) is 3.00. The van der Waals surface area contributed by atoms with Crippen molar-refractivity contribution >= 4 is 11.7 Å². The van der Waals surface area contributed by atoms with Crippen molar-refractivity contribution in [2.24, 2.45) is 5.92 Å². The molecule has 1 saturated heterocycles. The first-order chi connectivity index (χ1) is 10.7.